The van der Waals surface area contributed by atoms with E-state index in [2.05, 4.69) is 34.9 Å². The predicted molar refractivity (Wildman–Crippen MR) is 134 cm³/mol. The zero-order valence-electron chi connectivity index (χ0n) is 21.1. The molecule has 0 heterocycles. The topological polar surface area (TPSA) is 76.7 Å². The van der Waals surface area contributed by atoms with Gasteiger partial charge in [0.15, 0.2) is 0 Å². The Kier molecular flexibility index (Phi) is 7.90. The average Bonchev–Trinajstić information content (AvgIpc) is 3.64. The summed E-state index contributed by atoms with van der Waals surface area (Å²) in [5.41, 5.74) is 1.71. The molecule has 0 radical (unpaired) electrons. The highest BCUT2D eigenvalue weighted by Crippen LogP contribution is 2.41. The smallest absolute Gasteiger partial charge is 0.407 e. The van der Waals surface area contributed by atoms with Crippen molar-refractivity contribution in [2.45, 2.75) is 89.5 Å². The lowest BCUT2D eigenvalue weighted by molar-refractivity contribution is 0.0511. The molecule has 2 aliphatic carbocycles. The van der Waals surface area contributed by atoms with Crippen LogP contribution in [0.15, 0.2) is 60.7 Å². The van der Waals surface area contributed by atoms with Crippen LogP contribution in [0, 0.1) is 0 Å². The second-order valence-corrected chi connectivity index (χ2v) is 11.0. The summed E-state index contributed by atoms with van der Waals surface area (Å²) < 4.78 is 10.4. The number of carbonyl (C=O) groups excluding carboxylic acids is 2. The first-order valence-corrected chi connectivity index (χ1v) is 12.0. The minimum absolute atomic E-state index is 0.229. The third-order valence-corrected chi connectivity index (χ3v) is 5.44. The van der Waals surface area contributed by atoms with Crippen molar-refractivity contribution in [3.63, 3.8) is 0 Å². The number of amides is 2. The lowest BCUT2D eigenvalue weighted by atomic mass is 10.1. The first-order chi connectivity index (χ1) is 15.9. The molecule has 2 aliphatic rings. The van der Waals surface area contributed by atoms with Crippen molar-refractivity contribution in [2.75, 3.05) is 0 Å². The average molecular weight is 467 g/mol. The largest absolute Gasteiger partial charge is 0.444 e. The van der Waals surface area contributed by atoms with E-state index in [0.29, 0.717) is 11.8 Å². The molecule has 2 aromatic rings. The van der Waals surface area contributed by atoms with Crippen molar-refractivity contribution < 1.29 is 19.1 Å². The summed E-state index contributed by atoms with van der Waals surface area (Å²) in [6.07, 6.45) is 1.37. The summed E-state index contributed by atoms with van der Waals surface area (Å²) >= 11 is 0. The van der Waals surface area contributed by atoms with Crippen LogP contribution in [0.25, 0.3) is 0 Å². The minimum Gasteiger partial charge on any atom is -0.444 e. The number of hydrogen-bond donors (Lipinski definition) is 2. The highest BCUT2D eigenvalue weighted by Gasteiger charge is 2.41. The normalized spacial score (nSPS) is 23.0. The van der Waals surface area contributed by atoms with Gasteiger partial charge in [0.05, 0.1) is 0 Å². The quantitative estimate of drug-likeness (QED) is 0.568. The molecular formula is C28H38N2O4. The second kappa shape index (κ2) is 10.5. The van der Waals surface area contributed by atoms with E-state index in [1.165, 1.54) is 11.1 Å². The first kappa shape index (κ1) is 25.6. The summed E-state index contributed by atoms with van der Waals surface area (Å²) in [7, 11) is 0. The van der Waals surface area contributed by atoms with Crippen molar-refractivity contribution >= 4 is 12.2 Å². The van der Waals surface area contributed by atoms with E-state index in [1.54, 1.807) is 0 Å². The van der Waals surface area contributed by atoms with Crippen LogP contribution in [-0.2, 0) is 9.47 Å². The van der Waals surface area contributed by atoms with E-state index in [1.807, 2.05) is 77.9 Å². The number of benzene rings is 2. The van der Waals surface area contributed by atoms with Gasteiger partial charge in [0.25, 0.3) is 0 Å². The summed E-state index contributed by atoms with van der Waals surface area (Å²) in [6.45, 7) is 11.2. The molecule has 2 N–H and O–H groups in total. The molecule has 0 spiro atoms. The summed E-state index contributed by atoms with van der Waals surface area (Å²) in [4.78, 5) is 23.1. The maximum absolute atomic E-state index is 11.6. The van der Waals surface area contributed by atoms with Gasteiger partial charge in [0.1, 0.15) is 11.2 Å². The first-order valence-electron chi connectivity index (χ1n) is 12.0. The second-order valence-electron chi connectivity index (χ2n) is 11.0. The number of ether oxygens (including phenoxy) is 2. The maximum atomic E-state index is 11.6. The Morgan fingerprint density at radius 3 is 1.26 bits per heavy atom. The molecular weight excluding hydrogens is 428 g/mol. The van der Waals surface area contributed by atoms with Crippen LogP contribution < -0.4 is 10.6 Å². The Labute approximate surface area is 203 Å². The molecule has 4 rings (SSSR count). The van der Waals surface area contributed by atoms with E-state index < -0.39 is 11.2 Å². The fourth-order valence-electron chi connectivity index (χ4n) is 3.76. The van der Waals surface area contributed by atoms with Crippen molar-refractivity contribution in [3.05, 3.63) is 71.8 Å². The van der Waals surface area contributed by atoms with E-state index in [0.717, 1.165) is 12.8 Å². The molecule has 0 aliphatic heterocycles. The van der Waals surface area contributed by atoms with Gasteiger partial charge in [0.2, 0.25) is 0 Å². The fraction of sp³-hybridized carbons (Fsp3) is 0.500. The Balaban J connectivity index is 0.000000191. The third kappa shape index (κ3) is 8.73. The van der Waals surface area contributed by atoms with Gasteiger partial charge in [-0.1, -0.05) is 60.7 Å². The summed E-state index contributed by atoms with van der Waals surface area (Å²) in [5.74, 6) is 0.896. The monoisotopic (exact) mass is 466 g/mol. The van der Waals surface area contributed by atoms with Gasteiger partial charge in [-0.25, -0.2) is 9.59 Å². The number of carbonyl (C=O) groups is 2. The van der Waals surface area contributed by atoms with Gasteiger partial charge in [0, 0.05) is 23.9 Å². The van der Waals surface area contributed by atoms with Gasteiger partial charge in [-0.05, 0) is 65.5 Å². The summed E-state index contributed by atoms with van der Waals surface area (Å²) in [6, 6.07) is 21.0. The van der Waals surface area contributed by atoms with E-state index in [-0.39, 0.29) is 24.3 Å². The summed E-state index contributed by atoms with van der Waals surface area (Å²) in [5, 5.41) is 5.80. The van der Waals surface area contributed by atoms with E-state index >= 15 is 0 Å². The van der Waals surface area contributed by atoms with Crippen LogP contribution in [0.1, 0.15) is 77.3 Å². The van der Waals surface area contributed by atoms with Crippen LogP contribution in [0.2, 0.25) is 0 Å². The van der Waals surface area contributed by atoms with Gasteiger partial charge < -0.3 is 20.1 Å². The Morgan fingerprint density at radius 1 is 0.647 bits per heavy atom. The van der Waals surface area contributed by atoms with Crippen LogP contribution in [0.5, 0.6) is 0 Å². The lowest BCUT2D eigenvalue weighted by Gasteiger charge is -2.19. The Morgan fingerprint density at radius 2 is 0.971 bits per heavy atom. The molecule has 0 bridgehead atoms. The molecule has 2 aromatic carbocycles. The standard InChI is InChI=1S/2C14H19NO2/c2*1-14(2,3)17-13(16)15-12-9-11(12)10-7-5-4-6-8-10/h2*4-8,11-12H,9H2,1-3H3,(H,15,16)/t2*11-,12+/m10/s1. The number of alkyl carbamates (subject to hydrolysis) is 2. The number of hydrogen-bond acceptors (Lipinski definition) is 4. The van der Waals surface area contributed by atoms with Crippen molar-refractivity contribution in [2.24, 2.45) is 0 Å². The van der Waals surface area contributed by atoms with Gasteiger partial charge in [-0.2, -0.15) is 0 Å². The van der Waals surface area contributed by atoms with Crippen LogP contribution in [0.3, 0.4) is 0 Å². The molecule has 2 saturated carbocycles. The molecule has 0 saturated heterocycles. The van der Waals surface area contributed by atoms with Crippen LogP contribution in [-0.4, -0.2) is 35.5 Å². The van der Waals surface area contributed by atoms with Gasteiger partial charge in [-0.15, -0.1) is 0 Å². The SMILES string of the molecule is CC(C)(C)OC(=O)N[C@@H]1C[C@H]1c1ccccc1.CC(C)(C)OC(=O)N[C@H]1C[C@@H]1c1ccccc1. The highest BCUT2D eigenvalue weighted by atomic mass is 16.6. The molecule has 2 amide bonds. The molecule has 6 heteroatoms. The number of nitrogens with one attached hydrogen (secondary N) is 2. The molecule has 184 valence electrons. The maximum Gasteiger partial charge on any atom is 0.407 e. The van der Waals surface area contributed by atoms with E-state index in [9.17, 15) is 9.59 Å². The molecule has 34 heavy (non-hydrogen) atoms. The minimum atomic E-state index is -0.429. The van der Waals surface area contributed by atoms with Crippen molar-refractivity contribution in [1.29, 1.82) is 0 Å². The Bertz CT molecular complexity index is 868. The van der Waals surface area contributed by atoms with Gasteiger partial charge >= 0.3 is 12.2 Å². The van der Waals surface area contributed by atoms with Crippen LogP contribution >= 0.6 is 0 Å². The van der Waals surface area contributed by atoms with Gasteiger partial charge in [-0.3, -0.25) is 0 Å². The fourth-order valence-corrected chi connectivity index (χ4v) is 3.76. The lowest BCUT2D eigenvalue weighted by Crippen LogP contribution is -2.34. The third-order valence-electron chi connectivity index (χ3n) is 5.44. The predicted octanol–water partition coefficient (Wildman–Crippen LogP) is 6.13. The molecule has 0 aromatic heterocycles. The zero-order valence-corrected chi connectivity index (χ0v) is 21.1. The van der Waals surface area contributed by atoms with E-state index in [4.69, 9.17) is 9.47 Å². The number of rotatable bonds is 4. The van der Waals surface area contributed by atoms with Crippen molar-refractivity contribution in [1.82, 2.24) is 10.6 Å². The van der Waals surface area contributed by atoms with Crippen molar-refractivity contribution in [3.8, 4) is 0 Å². The molecule has 6 nitrogen and oxygen atoms in total. The highest BCUT2D eigenvalue weighted by molar-refractivity contribution is 5.69. The molecule has 2 fully saturated rings. The molecule has 4 atom stereocenters. The Hall–Kier alpha value is -3.02. The molecule has 0 unspecified atom stereocenters. The van der Waals surface area contributed by atoms with Crippen LogP contribution in [0.4, 0.5) is 9.59 Å². The zero-order chi connectivity index (χ0) is 24.9.